The minimum atomic E-state index is 0.951. The minimum absolute atomic E-state index is 0.951. The number of pyridine rings is 1. The lowest BCUT2D eigenvalue weighted by molar-refractivity contribution is 0.249. The van der Waals surface area contributed by atoms with E-state index >= 15 is 0 Å². The van der Waals surface area contributed by atoms with Crippen molar-refractivity contribution in [2.45, 2.75) is 6.54 Å². The number of nitrogens with zero attached hydrogens (tertiary/aromatic N) is 6. The molecule has 0 bridgehead atoms. The highest BCUT2D eigenvalue weighted by atomic mass is 32.1. The van der Waals surface area contributed by atoms with Crippen LogP contribution in [-0.2, 0) is 6.54 Å². The molecule has 1 aliphatic heterocycles. The van der Waals surface area contributed by atoms with Crippen molar-refractivity contribution in [1.82, 2.24) is 19.9 Å². The van der Waals surface area contributed by atoms with Crippen LogP contribution >= 0.6 is 11.3 Å². The van der Waals surface area contributed by atoms with Crippen LogP contribution in [0.25, 0.3) is 10.2 Å². The Bertz CT molecular complexity index is 836. The first kappa shape index (κ1) is 16.2. The molecule has 6 nitrogen and oxygen atoms in total. The Kier molecular flexibility index (Phi) is 4.50. The fourth-order valence-electron chi connectivity index (χ4n) is 3.15. The molecule has 3 aromatic rings. The van der Waals surface area contributed by atoms with Gasteiger partial charge in [0.25, 0.3) is 0 Å². The third kappa shape index (κ3) is 3.43. The van der Waals surface area contributed by atoms with Gasteiger partial charge in [-0.15, -0.1) is 11.3 Å². The topological polar surface area (TPSA) is 48.4 Å². The van der Waals surface area contributed by atoms with Gasteiger partial charge in [0.15, 0.2) is 0 Å². The first-order chi connectivity index (χ1) is 12.2. The molecule has 130 valence electrons. The van der Waals surface area contributed by atoms with Gasteiger partial charge in [0.1, 0.15) is 18.0 Å². The van der Waals surface area contributed by atoms with Gasteiger partial charge in [0.05, 0.1) is 10.2 Å². The molecule has 25 heavy (non-hydrogen) atoms. The summed E-state index contributed by atoms with van der Waals surface area (Å²) in [6, 6.07) is 6.32. The number of aromatic nitrogens is 3. The Morgan fingerprint density at radius 2 is 1.88 bits per heavy atom. The van der Waals surface area contributed by atoms with E-state index in [4.69, 9.17) is 0 Å². The normalized spacial score (nSPS) is 15.7. The highest BCUT2D eigenvalue weighted by Gasteiger charge is 2.20. The number of hydrogen-bond donors (Lipinski definition) is 0. The first-order valence-electron chi connectivity index (χ1n) is 8.48. The second kappa shape index (κ2) is 6.93. The summed E-state index contributed by atoms with van der Waals surface area (Å²) in [6.45, 7) is 5.01. The second-order valence-corrected chi connectivity index (χ2v) is 7.43. The van der Waals surface area contributed by atoms with E-state index in [9.17, 15) is 0 Å². The highest BCUT2D eigenvalue weighted by molar-refractivity contribution is 7.17. The maximum absolute atomic E-state index is 4.53. The Morgan fingerprint density at radius 3 is 2.60 bits per heavy atom. The van der Waals surface area contributed by atoms with Crippen molar-refractivity contribution < 1.29 is 0 Å². The summed E-state index contributed by atoms with van der Waals surface area (Å²) in [5.74, 6) is 2.08. The van der Waals surface area contributed by atoms with E-state index in [-0.39, 0.29) is 0 Å². The summed E-state index contributed by atoms with van der Waals surface area (Å²) >= 11 is 1.72. The SMILES string of the molecule is CN(C)c1ccc(CN2CCN(c3ncnc4ccsc34)CC2)cn1. The van der Waals surface area contributed by atoms with E-state index in [1.165, 1.54) is 10.3 Å². The van der Waals surface area contributed by atoms with Crippen LogP contribution in [0.1, 0.15) is 5.56 Å². The van der Waals surface area contributed by atoms with Gasteiger partial charge in [-0.3, -0.25) is 4.90 Å². The van der Waals surface area contributed by atoms with Crippen molar-refractivity contribution in [2.75, 3.05) is 50.1 Å². The Balaban J connectivity index is 1.39. The smallest absolute Gasteiger partial charge is 0.150 e. The van der Waals surface area contributed by atoms with E-state index in [1.807, 2.05) is 25.2 Å². The fourth-order valence-corrected chi connectivity index (χ4v) is 4.01. The number of thiophene rings is 1. The summed E-state index contributed by atoms with van der Waals surface area (Å²) < 4.78 is 1.19. The molecule has 3 aromatic heterocycles. The Hall–Kier alpha value is -2.25. The molecule has 0 N–H and O–H groups in total. The third-order valence-corrected chi connectivity index (χ3v) is 5.47. The maximum Gasteiger partial charge on any atom is 0.150 e. The van der Waals surface area contributed by atoms with Crippen LogP contribution in [0.4, 0.5) is 11.6 Å². The van der Waals surface area contributed by atoms with Crippen LogP contribution in [0.2, 0.25) is 0 Å². The van der Waals surface area contributed by atoms with Gasteiger partial charge in [-0.05, 0) is 23.1 Å². The molecule has 0 aliphatic carbocycles. The third-order valence-electron chi connectivity index (χ3n) is 4.57. The maximum atomic E-state index is 4.53. The Morgan fingerprint density at radius 1 is 1.04 bits per heavy atom. The molecule has 4 heterocycles. The number of rotatable bonds is 4. The lowest BCUT2D eigenvalue weighted by Crippen LogP contribution is -2.46. The van der Waals surface area contributed by atoms with Crippen LogP contribution in [0, 0.1) is 0 Å². The quantitative estimate of drug-likeness (QED) is 0.717. The molecule has 4 rings (SSSR count). The summed E-state index contributed by atoms with van der Waals surface area (Å²) in [5, 5.41) is 2.09. The van der Waals surface area contributed by atoms with E-state index in [0.29, 0.717) is 0 Å². The molecule has 0 unspecified atom stereocenters. The van der Waals surface area contributed by atoms with Crippen LogP contribution in [0.15, 0.2) is 36.1 Å². The number of piperazine rings is 1. The summed E-state index contributed by atoms with van der Waals surface area (Å²) in [6.07, 6.45) is 3.66. The van der Waals surface area contributed by atoms with E-state index in [1.54, 1.807) is 17.7 Å². The second-order valence-electron chi connectivity index (χ2n) is 6.51. The van der Waals surface area contributed by atoms with Crippen LogP contribution in [-0.4, -0.2) is 60.1 Å². The average Bonchev–Trinajstić information content (AvgIpc) is 3.12. The lowest BCUT2D eigenvalue weighted by atomic mass is 10.2. The monoisotopic (exact) mass is 354 g/mol. The molecule has 7 heteroatoms. The predicted octanol–water partition coefficient (Wildman–Crippen LogP) is 2.47. The van der Waals surface area contributed by atoms with Crippen molar-refractivity contribution in [3.63, 3.8) is 0 Å². The largest absolute Gasteiger partial charge is 0.363 e. The molecule has 0 spiro atoms. The van der Waals surface area contributed by atoms with Gasteiger partial charge in [0, 0.05) is 53.0 Å². The number of hydrogen-bond acceptors (Lipinski definition) is 7. The molecule has 0 radical (unpaired) electrons. The minimum Gasteiger partial charge on any atom is -0.363 e. The Labute approximate surface area is 151 Å². The lowest BCUT2D eigenvalue weighted by Gasteiger charge is -2.35. The molecule has 0 saturated carbocycles. The highest BCUT2D eigenvalue weighted by Crippen LogP contribution is 2.28. The van der Waals surface area contributed by atoms with Crippen molar-refractivity contribution >= 4 is 33.2 Å². The van der Waals surface area contributed by atoms with E-state index in [0.717, 1.165) is 49.9 Å². The van der Waals surface area contributed by atoms with Crippen LogP contribution in [0.3, 0.4) is 0 Å². The van der Waals surface area contributed by atoms with Gasteiger partial charge in [0.2, 0.25) is 0 Å². The van der Waals surface area contributed by atoms with Gasteiger partial charge in [-0.1, -0.05) is 6.07 Å². The molecule has 0 amide bonds. The molecule has 1 aliphatic rings. The summed E-state index contributed by atoms with van der Waals surface area (Å²) in [7, 11) is 4.03. The molecule has 0 atom stereocenters. The average molecular weight is 354 g/mol. The van der Waals surface area contributed by atoms with Crippen LogP contribution < -0.4 is 9.80 Å². The van der Waals surface area contributed by atoms with Crippen LogP contribution in [0.5, 0.6) is 0 Å². The molecule has 0 aromatic carbocycles. The molecule has 1 saturated heterocycles. The zero-order chi connectivity index (χ0) is 17.2. The molecular weight excluding hydrogens is 332 g/mol. The molecule has 1 fully saturated rings. The van der Waals surface area contributed by atoms with Crippen molar-refractivity contribution in [1.29, 1.82) is 0 Å². The number of fused-ring (bicyclic) bond motifs is 1. The summed E-state index contributed by atoms with van der Waals surface area (Å²) in [4.78, 5) is 20.3. The zero-order valence-corrected chi connectivity index (χ0v) is 15.4. The summed E-state index contributed by atoms with van der Waals surface area (Å²) in [5.41, 5.74) is 2.31. The number of anilines is 2. The fraction of sp³-hybridized carbons (Fsp3) is 0.389. The van der Waals surface area contributed by atoms with E-state index in [2.05, 4.69) is 48.3 Å². The first-order valence-corrected chi connectivity index (χ1v) is 9.36. The molecular formula is C18H22N6S. The zero-order valence-electron chi connectivity index (χ0n) is 14.6. The van der Waals surface area contributed by atoms with Crippen molar-refractivity contribution in [3.05, 3.63) is 41.7 Å². The van der Waals surface area contributed by atoms with Gasteiger partial charge >= 0.3 is 0 Å². The van der Waals surface area contributed by atoms with Gasteiger partial charge in [-0.2, -0.15) is 0 Å². The van der Waals surface area contributed by atoms with Gasteiger partial charge < -0.3 is 9.80 Å². The standard InChI is InChI=1S/C18H22N6S/c1-22(2)16-4-3-14(11-19-16)12-23-6-8-24(9-7-23)18-17-15(5-10-25-17)20-13-21-18/h3-5,10-11,13H,6-9,12H2,1-2H3. The van der Waals surface area contributed by atoms with Crippen molar-refractivity contribution in [2.24, 2.45) is 0 Å². The van der Waals surface area contributed by atoms with Gasteiger partial charge in [-0.25, -0.2) is 15.0 Å². The predicted molar refractivity (Wildman–Crippen MR) is 103 cm³/mol. The van der Waals surface area contributed by atoms with Crippen molar-refractivity contribution in [3.8, 4) is 0 Å². The van der Waals surface area contributed by atoms with E-state index < -0.39 is 0 Å².